The van der Waals surface area contributed by atoms with Crippen LogP contribution in [0, 0.1) is 6.92 Å². The molecule has 108 valence electrons. The van der Waals surface area contributed by atoms with Crippen LogP contribution >= 0.6 is 15.9 Å². The highest BCUT2D eigenvalue weighted by molar-refractivity contribution is 9.10. The molecule has 0 radical (unpaired) electrons. The van der Waals surface area contributed by atoms with E-state index < -0.39 is 15.3 Å². The zero-order chi connectivity index (χ0) is 14.5. The molecule has 7 heteroatoms. The maximum atomic E-state index is 12.1. The van der Waals surface area contributed by atoms with Crippen molar-refractivity contribution in [3.8, 4) is 0 Å². The van der Waals surface area contributed by atoms with E-state index in [0.717, 1.165) is 23.0 Å². The third-order valence-electron chi connectivity index (χ3n) is 2.68. The summed E-state index contributed by atoms with van der Waals surface area (Å²) in [5, 5.41) is 2.59. The third kappa shape index (κ3) is 5.08. The summed E-state index contributed by atoms with van der Waals surface area (Å²) >= 11 is 3.33. The lowest BCUT2D eigenvalue weighted by Gasteiger charge is -2.15. The molecule has 0 aliphatic heterocycles. The van der Waals surface area contributed by atoms with Gasteiger partial charge in [-0.25, -0.2) is 13.4 Å². The Balaban J connectivity index is 2.70. The van der Waals surface area contributed by atoms with Gasteiger partial charge in [-0.2, -0.15) is 0 Å². The summed E-state index contributed by atoms with van der Waals surface area (Å²) in [6, 6.07) is 1.70. The molecule has 0 saturated heterocycles. The van der Waals surface area contributed by atoms with Crippen LogP contribution < -0.4 is 10.0 Å². The maximum absolute atomic E-state index is 12.1. The van der Waals surface area contributed by atoms with Crippen molar-refractivity contribution in [2.45, 2.75) is 32.4 Å². The summed E-state index contributed by atoms with van der Waals surface area (Å²) < 4.78 is 27.5. The lowest BCUT2D eigenvalue weighted by atomic mass is 10.3. The Hall–Kier alpha value is -0.660. The summed E-state index contributed by atoms with van der Waals surface area (Å²) in [7, 11) is -3.41. The van der Waals surface area contributed by atoms with Crippen molar-refractivity contribution in [1.29, 1.82) is 0 Å². The highest BCUT2D eigenvalue weighted by Crippen LogP contribution is 2.18. The number of aromatic nitrogens is 1. The molecule has 0 amide bonds. The fourth-order valence-corrected chi connectivity index (χ4v) is 2.59. The lowest BCUT2D eigenvalue weighted by Crippen LogP contribution is -2.35. The molecule has 1 atom stereocenters. The van der Waals surface area contributed by atoms with Gasteiger partial charge in [-0.05, 0) is 54.4 Å². The minimum absolute atomic E-state index is 0.350. The van der Waals surface area contributed by atoms with E-state index in [2.05, 4.69) is 31.0 Å². The zero-order valence-corrected chi connectivity index (χ0v) is 13.8. The first-order valence-electron chi connectivity index (χ1n) is 6.21. The third-order valence-corrected chi connectivity index (χ3v) is 5.23. The van der Waals surface area contributed by atoms with E-state index in [1.54, 1.807) is 19.2 Å². The fourth-order valence-electron chi connectivity index (χ4n) is 1.43. The Morgan fingerprint density at radius 3 is 2.74 bits per heavy atom. The van der Waals surface area contributed by atoms with Gasteiger partial charge < -0.3 is 5.32 Å². The summed E-state index contributed by atoms with van der Waals surface area (Å²) in [6.07, 6.45) is 2.57. The highest BCUT2D eigenvalue weighted by Gasteiger charge is 2.20. The van der Waals surface area contributed by atoms with Gasteiger partial charge >= 0.3 is 0 Å². The normalized spacial score (nSPS) is 13.3. The standard InChI is InChI=1S/C12H20BrN3O2S/c1-4-5-14-7-10(3)19(17,18)16-12-6-9(2)11(13)8-15-12/h6,8,10,14H,4-5,7H2,1-3H3,(H,15,16). The van der Waals surface area contributed by atoms with Crippen LogP contribution in [0.15, 0.2) is 16.7 Å². The molecule has 2 N–H and O–H groups in total. The molecule has 19 heavy (non-hydrogen) atoms. The first-order valence-corrected chi connectivity index (χ1v) is 8.55. The minimum atomic E-state index is -3.41. The molecule has 1 rings (SSSR count). The van der Waals surface area contributed by atoms with E-state index in [0.29, 0.717) is 12.4 Å². The number of anilines is 1. The van der Waals surface area contributed by atoms with Crippen molar-refractivity contribution in [2.24, 2.45) is 0 Å². The highest BCUT2D eigenvalue weighted by atomic mass is 79.9. The molecule has 0 fully saturated rings. The lowest BCUT2D eigenvalue weighted by molar-refractivity contribution is 0.575. The summed E-state index contributed by atoms with van der Waals surface area (Å²) in [5.74, 6) is 0.350. The van der Waals surface area contributed by atoms with E-state index in [1.165, 1.54) is 0 Å². The molecule has 1 unspecified atom stereocenters. The SMILES string of the molecule is CCCNCC(C)S(=O)(=O)Nc1cc(C)c(Br)cn1. The smallest absolute Gasteiger partial charge is 0.237 e. The predicted octanol–water partition coefficient (Wildman–Crippen LogP) is 2.28. The number of hydrogen-bond donors (Lipinski definition) is 2. The van der Waals surface area contributed by atoms with Crippen molar-refractivity contribution >= 4 is 31.8 Å². The average Bonchev–Trinajstić information content (AvgIpc) is 2.33. The van der Waals surface area contributed by atoms with Crippen molar-refractivity contribution in [3.05, 3.63) is 22.3 Å². The molecule has 5 nitrogen and oxygen atoms in total. The van der Waals surface area contributed by atoms with Gasteiger partial charge in [0.25, 0.3) is 0 Å². The van der Waals surface area contributed by atoms with Gasteiger partial charge in [0.15, 0.2) is 0 Å². The number of rotatable bonds is 7. The second kappa shape index (κ2) is 7.21. The van der Waals surface area contributed by atoms with Crippen molar-refractivity contribution in [1.82, 2.24) is 10.3 Å². The van der Waals surface area contributed by atoms with E-state index in [1.807, 2.05) is 13.8 Å². The van der Waals surface area contributed by atoms with Gasteiger partial charge in [0, 0.05) is 17.2 Å². The molecule has 0 aliphatic rings. The largest absolute Gasteiger partial charge is 0.315 e. The number of halogens is 1. The van der Waals surface area contributed by atoms with Gasteiger partial charge in [0.2, 0.25) is 10.0 Å². The monoisotopic (exact) mass is 349 g/mol. The van der Waals surface area contributed by atoms with Crippen molar-refractivity contribution < 1.29 is 8.42 Å². The number of nitrogens with zero attached hydrogens (tertiary/aromatic N) is 1. The molecule has 0 saturated carbocycles. The molecule has 1 aromatic heterocycles. The average molecular weight is 350 g/mol. The summed E-state index contributed by atoms with van der Waals surface area (Å²) in [5.41, 5.74) is 0.935. The second-order valence-electron chi connectivity index (χ2n) is 4.48. The molecule has 0 aliphatic carbocycles. The van der Waals surface area contributed by atoms with Crippen LogP contribution in [0.4, 0.5) is 5.82 Å². The predicted molar refractivity (Wildman–Crippen MR) is 81.8 cm³/mol. The van der Waals surface area contributed by atoms with Gasteiger partial charge in [-0.1, -0.05) is 6.92 Å². The van der Waals surface area contributed by atoms with E-state index in [9.17, 15) is 8.42 Å². The molecule has 1 heterocycles. The van der Waals surface area contributed by atoms with E-state index >= 15 is 0 Å². The number of pyridine rings is 1. The topological polar surface area (TPSA) is 71.1 Å². The maximum Gasteiger partial charge on any atom is 0.237 e. The number of hydrogen-bond acceptors (Lipinski definition) is 4. The van der Waals surface area contributed by atoms with E-state index in [-0.39, 0.29) is 0 Å². The van der Waals surface area contributed by atoms with Crippen LogP contribution in [0.1, 0.15) is 25.8 Å². The fraction of sp³-hybridized carbons (Fsp3) is 0.583. The van der Waals surface area contributed by atoms with Crippen LogP contribution in [-0.4, -0.2) is 31.7 Å². The first-order chi connectivity index (χ1) is 8.86. The Morgan fingerprint density at radius 2 is 2.16 bits per heavy atom. The van der Waals surface area contributed by atoms with Crippen LogP contribution in [0.2, 0.25) is 0 Å². The molecule has 0 spiro atoms. The Kier molecular flexibility index (Phi) is 6.22. The Morgan fingerprint density at radius 1 is 1.47 bits per heavy atom. The summed E-state index contributed by atoms with van der Waals surface area (Å²) in [4.78, 5) is 4.05. The second-order valence-corrected chi connectivity index (χ2v) is 7.43. The molecular weight excluding hydrogens is 330 g/mol. The van der Waals surface area contributed by atoms with Crippen LogP contribution in [-0.2, 0) is 10.0 Å². The van der Waals surface area contributed by atoms with E-state index in [4.69, 9.17) is 0 Å². The minimum Gasteiger partial charge on any atom is -0.315 e. The van der Waals surface area contributed by atoms with Crippen molar-refractivity contribution in [3.63, 3.8) is 0 Å². The summed E-state index contributed by atoms with van der Waals surface area (Å²) in [6.45, 7) is 6.85. The quantitative estimate of drug-likeness (QED) is 0.740. The Bertz CT molecular complexity index is 520. The number of aryl methyl sites for hydroxylation is 1. The van der Waals surface area contributed by atoms with Gasteiger partial charge in [0.05, 0.1) is 5.25 Å². The molecule has 1 aromatic rings. The number of sulfonamides is 1. The Labute approximate surface area is 123 Å². The molecule has 0 aromatic carbocycles. The van der Waals surface area contributed by atoms with Gasteiger partial charge in [-0.3, -0.25) is 4.72 Å². The van der Waals surface area contributed by atoms with Gasteiger partial charge in [-0.15, -0.1) is 0 Å². The first kappa shape index (κ1) is 16.4. The zero-order valence-electron chi connectivity index (χ0n) is 11.4. The van der Waals surface area contributed by atoms with Crippen LogP contribution in [0.5, 0.6) is 0 Å². The van der Waals surface area contributed by atoms with Crippen molar-refractivity contribution in [2.75, 3.05) is 17.8 Å². The van der Waals surface area contributed by atoms with Crippen LogP contribution in [0.25, 0.3) is 0 Å². The van der Waals surface area contributed by atoms with Gasteiger partial charge in [0.1, 0.15) is 5.82 Å². The number of nitrogens with one attached hydrogen (secondary N) is 2. The van der Waals surface area contributed by atoms with Crippen LogP contribution in [0.3, 0.4) is 0 Å². The molecule has 0 bridgehead atoms. The molecular formula is C12H20BrN3O2S.